The van der Waals surface area contributed by atoms with Crippen LogP contribution in [0.25, 0.3) is 10.8 Å². The van der Waals surface area contributed by atoms with Crippen molar-refractivity contribution in [1.29, 1.82) is 0 Å². The van der Waals surface area contributed by atoms with Gasteiger partial charge >= 0.3 is 6.03 Å². The van der Waals surface area contributed by atoms with Gasteiger partial charge in [0.15, 0.2) is 0 Å². The van der Waals surface area contributed by atoms with Gasteiger partial charge in [0.1, 0.15) is 11.5 Å². The van der Waals surface area contributed by atoms with Gasteiger partial charge in [0, 0.05) is 17.3 Å². The Bertz CT molecular complexity index is 877. The molecule has 0 bridgehead atoms. The second-order valence-electron chi connectivity index (χ2n) is 5.34. The molecule has 5 nitrogen and oxygen atoms in total. The molecule has 0 radical (unpaired) electrons. The van der Waals surface area contributed by atoms with Crippen molar-refractivity contribution in [2.75, 3.05) is 12.4 Å². The van der Waals surface area contributed by atoms with E-state index in [1.165, 1.54) is 0 Å². The molecule has 0 heterocycles. The van der Waals surface area contributed by atoms with Crippen LogP contribution >= 0.6 is 0 Å². The average Bonchev–Trinajstić information content (AvgIpc) is 2.61. The third kappa shape index (κ3) is 3.41. The van der Waals surface area contributed by atoms with Crippen molar-refractivity contribution in [2.24, 2.45) is 0 Å². The van der Waals surface area contributed by atoms with Gasteiger partial charge in [-0.3, -0.25) is 0 Å². The fourth-order valence-electron chi connectivity index (χ4n) is 2.53. The van der Waals surface area contributed by atoms with E-state index >= 15 is 0 Å². The monoisotopic (exact) mass is 322 g/mol. The van der Waals surface area contributed by atoms with Gasteiger partial charge in [-0.2, -0.15) is 0 Å². The highest BCUT2D eigenvalue weighted by Gasteiger charge is 2.07. The van der Waals surface area contributed by atoms with Crippen molar-refractivity contribution in [2.45, 2.75) is 6.54 Å². The number of hydrogen-bond acceptors (Lipinski definition) is 3. The molecule has 5 heteroatoms. The van der Waals surface area contributed by atoms with Crippen LogP contribution in [0.5, 0.6) is 11.5 Å². The van der Waals surface area contributed by atoms with Gasteiger partial charge in [-0.1, -0.05) is 36.4 Å². The zero-order valence-electron chi connectivity index (χ0n) is 13.2. The number of nitrogens with one attached hydrogen (secondary N) is 2. The molecule has 0 unspecified atom stereocenters. The number of ether oxygens (including phenoxy) is 1. The van der Waals surface area contributed by atoms with Crippen LogP contribution in [-0.2, 0) is 6.54 Å². The quantitative estimate of drug-likeness (QED) is 0.683. The van der Waals surface area contributed by atoms with Crippen LogP contribution in [0.15, 0.2) is 60.7 Å². The maximum absolute atomic E-state index is 12.2. The molecule has 24 heavy (non-hydrogen) atoms. The zero-order valence-corrected chi connectivity index (χ0v) is 13.2. The van der Waals surface area contributed by atoms with E-state index in [0.29, 0.717) is 17.6 Å². The molecular weight excluding hydrogens is 304 g/mol. The van der Waals surface area contributed by atoms with Gasteiger partial charge in [0.05, 0.1) is 12.8 Å². The number of hydrogen-bond donors (Lipinski definition) is 3. The van der Waals surface area contributed by atoms with Gasteiger partial charge in [0.25, 0.3) is 0 Å². The molecule has 0 aliphatic heterocycles. The number of fused-ring (bicyclic) bond motifs is 1. The fraction of sp³-hybridized carbons (Fsp3) is 0.105. The molecule has 0 fully saturated rings. The van der Waals surface area contributed by atoms with Crippen LogP contribution in [0.1, 0.15) is 5.56 Å². The number of carbonyl (C=O) groups excluding carboxylic acids is 1. The number of rotatable bonds is 4. The van der Waals surface area contributed by atoms with Crippen LogP contribution in [0, 0.1) is 0 Å². The molecule has 0 saturated heterocycles. The van der Waals surface area contributed by atoms with E-state index in [-0.39, 0.29) is 11.8 Å². The normalized spacial score (nSPS) is 10.4. The number of amides is 2. The van der Waals surface area contributed by atoms with Gasteiger partial charge in [0.2, 0.25) is 0 Å². The summed E-state index contributed by atoms with van der Waals surface area (Å²) in [6.07, 6.45) is 0. The highest BCUT2D eigenvalue weighted by molar-refractivity contribution is 6.03. The van der Waals surface area contributed by atoms with Gasteiger partial charge in [-0.15, -0.1) is 0 Å². The smallest absolute Gasteiger partial charge is 0.319 e. The first-order valence-electron chi connectivity index (χ1n) is 7.56. The maximum atomic E-state index is 12.2. The summed E-state index contributed by atoms with van der Waals surface area (Å²) in [7, 11) is 1.61. The molecular formula is C19H18N2O3. The molecule has 3 N–H and O–H groups in total. The summed E-state index contributed by atoms with van der Waals surface area (Å²) >= 11 is 0. The molecule has 0 atom stereocenters. The number of phenols is 1. The van der Waals surface area contributed by atoms with Crippen molar-refractivity contribution < 1.29 is 14.6 Å². The number of benzene rings is 3. The Morgan fingerprint density at radius 2 is 1.79 bits per heavy atom. The van der Waals surface area contributed by atoms with E-state index in [9.17, 15) is 9.90 Å². The lowest BCUT2D eigenvalue weighted by Crippen LogP contribution is -2.28. The molecule has 3 aromatic rings. The second kappa shape index (κ2) is 6.91. The van der Waals surface area contributed by atoms with Gasteiger partial charge in [-0.25, -0.2) is 4.79 Å². The van der Waals surface area contributed by atoms with E-state index in [1.54, 1.807) is 31.4 Å². The van der Waals surface area contributed by atoms with Gasteiger partial charge < -0.3 is 20.5 Å². The highest BCUT2D eigenvalue weighted by atomic mass is 16.5. The topological polar surface area (TPSA) is 70.6 Å². The average molecular weight is 322 g/mol. The van der Waals surface area contributed by atoms with Crippen LogP contribution in [0.2, 0.25) is 0 Å². The lowest BCUT2D eigenvalue weighted by molar-refractivity contribution is 0.251. The van der Waals surface area contributed by atoms with E-state index in [1.807, 2.05) is 36.4 Å². The number of anilines is 1. The molecule has 0 spiro atoms. The molecule has 122 valence electrons. The lowest BCUT2D eigenvalue weighted by Gasteiger charge is -2.11. The Labute approximate surface area is 139 Å². The molecule has 3 rings (SSSR count). The first-order chi connectivity index (χ1) is 11.7. The molecule has 0 aliphatic rings. The first kappa shape index (κ1) is 15.7. The predicted octanol–water partition coefficient (Wildman–Crippen LogP) is 3.88. The Morgan fingerprint density at radius 1 is 1.04 bits per heavy atom. The van der Waals surface area contributed by atoms with E-state index in [2.05, 4.69) is 10.6 Å². The maximum Gasteiger partial charge on any atom is 0.319 e. The molecule has 0 saturated carbocycles. The third-order valence-electron chi connectivity index (χ3n) is 3.73. The van der Waals surface area contributed by atoms with Crippen LogP contribution in [0.4, 0.5) is 10.5 Å². The third-order valence-corrected chi connectivity index (χ3v) is 3.73. The Balaban J connectivity index is 1.70. The summed E-state index contributed by atoms with van der Waals surface area (Å²) in [5.74, 6) is 0.937. The van der Waals surface area contributed by atoms with Gasteiger partial charge in [-0.05, 0) is 29.8 Å². The summed E-state index contributed by atoms with van der Waals surface area (Å²) < 4.78 is 5.16. The molecule has 0 aliphatic carbocycles. The van der Waals surface area contributed by atoms with Crippen molar-refractivity contribution in [3.63, 3.8) is 0 Å². The van der Waals surface area contributed by atoms with Crippen molar-refractivity contribution in [1.82, 2.24) is 5.32 Å². The first-order valence-corrected chi connectivity index (χ1v) is 7.56. The molecule has 2 amide bonds. The Morgan fingerprint density at radius 3 is 2.62 bits per heavy atom. The predicted molar refractivity (Wildman–Crippen MR) is 94.5 cm³/mol. The summed E-state index contributed by atoms with van der Waals surface area (Å²) in [5, 5.41) is 17.0. The number of carbonyl (C=O) groups is 1. The lowest BCUT2D eigenvalue weighted by atomic mass is 10.1. The minimum Gasteiger partial charge on any atom is -0.507 e. The van der Waals surface area contributed by atoms with Crippen molar-refractivity contribution in [3.05, 3.63) is 66.2 Å². The largest absolute Gasteiger partial charge is 0.507 e. The molecule has 3 aromatic carbocycles. The van der Waals surface area contributed by atoms with Crippen molar-refractivity contribution in [3.8, 4) is 11.5 Å². The summed E-state index contributed by atoms with van der Waals surface area (Å²) in [6, 6.07) is 17.8. The standard InChI is InChI=1S/C19H18N2O3/c1-24-14-6-2-5-13(11-14)12-20-19(23)21-17-9-3-8-16-15(17)7-4-10-18(16)22/h2-11,22H,12H2,1H3,(H2,20,21,23). The van der Waals surface area contributed by atoms with E-state index < -0.39 is 0 Å². The number of urea groups is 1. The fourth-order valence-corrected chi connectivity index (χ4v) is 2.53. The van der Waals surface area contributed by atoms with Crippen molar-refractivity contribution >= 4 is 22.5 Å². The van der Waals surface area contributed by atoms with E-state index in [0.717, 1.165) is 16.7 Å². The van der Waals surface area contributed by atoms with Crippen LogP contribution in [0.3, 0.4) is 0 Å². The Kier molecular flexibility index (Phi) is 4.52. The minimum atomic E-state index is -0.311. The summed E-state index contributed by atoms with van der Waals surface area (Å²) in [4.78, 5) is 12.2. The minimum absolute atomic E-state index is 0.188. The number of aromatic hydroxyl groups is 1. The van der Waals surface area contributed by atoms with Crippen LogP contribution in [-0.4, -0.2) is 18.2 Å². The van der Waals surface area contributed by atoms with Crippen LogP contribution < -0.4 is 15.4 Å². The second-order valence-corrected chi connectivity index (χ2v) is 5.34. The molecule has 0 aromatic heterocycles. The number of phenolic OH excluding ortho intramolecular Hbond substituents is 1. The summed E-state index contributed by atoms with van der Waals surface area (Å²) in [5.41, 5.74) is 1.59. The highest BCUT2D eigenvalue weighted by Crippen LogP contribution is 2.29. The van der Waals surface area contributed by atoms with E-state index in [4.69, 9.17) is 4.74 Å². The zero-order chi connectivity index (χ0) is 16.9. The SMILES string of the molecule is COc1cccc(CNC(=O)Nc2cccc3c(O)cccc23)c1. The number of methoxy groups -OCH3 is 1. The Hall–Kier alpha value is -3.21. The summed E-state index contributed by atoms with van der Waals surface area (Å²) in [6.45, 7) is 0.388.